The predicted molar refractivity (Wildman–Crippen MR) is 76.1 cm³/mol. The van der Waals surface area contributed by atoms with E-state index < -0.39 is 0 Å². The molecule has 0 saturated heterocycles. The topological polar surface area (TPSA) is 45.2 Å². The summed E-state index contributed by atoms with van der Waals surface area (Å²) in [7, 11) is 3.63. The van der Waals surface area contributed by atoms with Crippen molar-refractivity contribution in [2.75, 3.05) is 25.5 Å². The third-order valence-corrected chi connectivity index (χ3v) is 3.84. The summed E-state index contributed by atoms with van der Waals surface area (Å²) in [6, 6.07) is 4.09. The fourth-order valence-electron chi connectivity index (χ4n) is 2.01. The Kier molecular flexibility index (Phi) is 3.81. The summed E-state index contributed by atoms with van der Waals surface area (Å²) >= 11 is 1.70. The number of nitrogens with zero attached hydrogens (tertiary/aromatic N) is 2. The molecule has 0 aliphatic rings. The molecule has 2 aromatic rings. The predicted octanol–water partition coefficient (Wildman–Crippen LogP) is 2.11. The molecule has 2 aromatic heterocycles. The Morgan fingerprint density at radius 1 is 1.56 bits per heavy atom. The number of anilines is 1. The summed E-state index contributed by atoms with van der Waals surface area (Å²) in [4.78, 5) is 18.0. The summed E-state index contributed by atoms with van der Waals surface area (Å²) in [6.07, 6.45) is 1.81. The van der Waals surface area contributed by atoms with Crippen molar-refractivity contribution >= 4 is 33.1 Å². The minimum atomic E-state index is -0.0595. The molecule has 96 valence electrons. The quantitative estimate of drug-likeness (QED) is 0.919. The van der Waals surface area contributed by atoms with Crippen molar-refractivity contribution in [1.29, 1.82) is 0 Å². The van der Waals surface area contributed by atoms with Crippen LogP contribution in [0.25, 0.3) is 10.1 Å². The second kappa shape index (κ2) is 5.35. The van der Waals surface area contributed by atoms with E-state index in [2.05, 4.69) is 21.7 Å². The number of pyridine rings is 1. The molecule has 0 aliphatic heterocycles. The SMILES string of the molecule is CNC(=O)C(C)CN(C)c1nccc2sccc12. The number of carbonyl (C=O) groups is 1. The van der Waals surface area contributed by atoms with Gasteiger partial charge in [-0.25, -0.2) is 4.98 Å². The lowest BCUT2D eigenvalue weighted by Gasteiger charge is -2.22. The number of carbonyl (C=O) groups excluding carboxylic acids is 1. The van der Waals surface area contributed by atoms with Crippen molar-refractivity contribution < 1.29 is 4.79 Å². The lowest BCUT2D eigenvalue weighted by molar-refractivity contribution is -0.123. The maximum Gasteiger partial charge on any atom is 0.224 e. The van der Waals surface area contributed by atoms with Gasteiger partial charge >= 0.3 is 0 Å². The first-order valence-corrected chi connectivity index (χ1v) is 6.76. The van der Waals surface area contributed by atoms with Gasteiger partial charge in [0.25, 0.3) is 0 Å². The molecule has 5 heteroatoms. The van der Waals surface area contributed by atoms with E-state index in [1.807, 2.05) is 31.1 Å². The molecule has 18 heavy (non-hydrogen) atoms. The molecule has 0 saturated carbocycles. The highest BCUT2D eigenvalue weighted by atomic mass is 32.1. The van der Waals surface area contributed by atoms with Gasteiger partial charge in [0.05, 0.1) is 5.92 Å². The highest BCUT2D eigenvalue weighted by Gasteiger charge is 2.16. The summed E-state index contributed by atoms with van der Waals surface area (Å²) in [5, 5.41) is 5.88. The van der Waals surface area contributed by atoms with Crippen LogP contribution in [0.1, 0.15) is 6.92 Å². The van der Waals surface area contributed by atoms with Gasteiger partial charge in [0.2, 0.25) is 5.91 Å². The normalized spacial score (nSPS) is 12.4. The average molecular weight is 263 g/mol. The van der Waals surface area contributed by atoms with E-state index in [0.29, 0.717) is 6.54 Å². The van der Waals surface area contributed by atoms with Gasteiger partial charge in [0, 0.05) is 36.9 Å². The molecule has 0 aromatic carbocycles. The number of thiophene rings is 1. The van der Waals surface area contributed by atoms with Gasteiger partial charge in [0.1, 0.15) is 5.82 Å². The van der Waals surface area contributed by atoms with Crippen molar-refractivity contribution in [3.8, 4) is 0 Å². The number of hydrogen-bond acceptors (Lipinski definition) is 4. The monoisotopic (exact) mass is 263 g/mol. The van der Waals surface area contributed by atoms with Gasteiger partial charge in [-0.3, -0.25) is 4.79 Å². The zero-order valence-corrected chi connectivity index (χ0v) is 11.6. The van der Waals surface area contributed by atoms with Crippen LogP contribution in [0.15, 0.2) is 23.7 Å². The Bertz CT molecular complexity index is 552. The lowest BCUT2D eigenvalue weighted by Crippen LogP contribution is -2.34. The minimum Gasteiger partial charge on any atom is -0.359 e. The minimum absolute atomic E-state index is 0.0549. The number of nitrogens with one attached hydrogen (secondary N) is 1. The first-order chi connectivity index (χ1) is 8.63. The highest BCUT2D eigenvalue weighted by molar-refractivity contribution is 7.17. The summed E-state index contributed by atoms with van der Waals surface area (Å²) < 4.78 is 1.22. The zero-order chi connectivity index (χ0) is 13.1. The smallest absolute Gasteiger partial charge is 0.224 e. The molecule has 2 heterocycles. The van der Waals surface area contributed by atoms with E-state index in [-0.39, 0.29) is 11.8 Å². The summed E-state index contributed by atoms with van der Waals surface area (Å²) in [5.41, 5.74) is 0. The molecular weight excluding hydrogens is 246 g/mol. The molecule has 4 nitrogen and oxygen atoms in total. The van der Waals surface area contributed by atoms with Gasteiger partial charge in [-0.05, 0) is 17.5 Å². The van der Waals surface area contributed by atoms with Gasteiger partial charge in [-0.1, -0.05) is 6.92 Å². The number of fused-ring (bicyclic) bond motifs is 1. The Hall–Kier alpha value is -1.62. The van der Waals surface area contributed by atoms with Crippen molar-refractivity contribution in [3.63, 3.8) is 0 Å². The highest BCUT2D eigenvalue weighted by Crippen LogP contribution is 2.28. The van der Waals surface area contributed by atoms with Crippen LogP contribution < -0.4 is 10.2 Å². The largest absolute Gasteiger partial charge is 0.359 e. The van der Waals surface area contributed by atoms with E-state index in [9.17, 15) is 4.79 Å². The number of rotatable bonds is 4. The Labute approximate surface area is 111 Å². The Morgan fingerprint density at radius 3 is 3.06 bits per heavy atom. The lowest BCUT2D eigenvalue weighted by atomic mass is 10.1. The maximum atomic E-state index is 11.5. The molecule has 0 bridgehead atoms. The second-order valence-corrected chi connectivity index (χ2v) is 5.31. The van der Waals surface area contributed by atoms with E-state index in [1.165, 1.54) is 4.70 Å². The first-order valence-electron chi connectivity index (χ1n) is 5.88. The number of aromatic nitrogens is 1. The van der Waals surface area contributed by atoms with Crippen LogP contribution in [0.2, 0.25) is 0 Å². The number of hydrogen-bond donors (Lipinski definition) is 1. The third kappa shape index (κ3) is 2.46. The molecule has 1 unspecified atom stereocenters. The molecule has 1 atom stereocenters. The second-order valence-electron chi connectivity index (χ2n) is 4.36. The van der Waals surface area contributed by atoms with E-state index in [1.54, 1.807) is 18.4 Å². The molecule has 1 amide bonds. The Morgan fingerprint density at radius 2 is 2.33 bits per heavy atom. The van der Waals surface area contributed by atoms with Crippen LogP contribution >= 0.6 is 11.3 Å². The molecule has 0 aliphatic carbocycles. The van der Waals surface area contributed by atoms with Gasteiger partial charge in [-0.2, -0.15) is 0 Å². The molecule has 2 rings (SSSR count). The molecule has 0 radical (unpaired) electrons. The molecule has 1 N–H and O–H groups in total. The van der Waals surface area contributed by atoms with Crippen LogP contribution in [0.4, 0.5) is 5.82 Å². The Balaban J connectivity index is 2.20. The summed E-state index contributed by atoms with van der Waals surface area (Å²) in [5.74, 6) is 0.930. The van der Waals surface area contributed by atoms with E-state index >= 15 is 0 Å². The van der Waals surface area contributed by atoms with E-state index in [4.69, 9.17) is 0 Å². The standard InChI is InChI=1S/C13H17N3OS/c1-9(13(17)14-2)8-16(3)12-10-5-7-18-11(10)4-6-15-12/h4-7,9H,8H2,1-3H3,(H,14,17). The molecule has 0 fully saturated rings. The third-order valence-electron chi connectivity index (χ3n) is 2.96. The van der Waals surface area contributed by atoms with Crippen LogP contribution in [-0.4, -0.2) is 31.5 Å². The maximum absolute atomic E-state index is 11.5. The van der Waals surface area contributed by atoms with Crippen LogP contribution in [0.3, 0.4) is 0 Å². The van der Waals surface area contributed by atoms with Gasteiger partial charge in [-0.15, -0.1) is 11.3 Å². The van der Waals surface area contributed by atoms with Crippen molar-refractivity contribution in [2.45, 2.75) is 6.92 Å². The zero-order valence-electron chi connectivity index (χ0n) is 10.8. The molecule has 0 spiro atoms. The summed E-state index contributed by atoms with van der Waals surface area (Å²) in [6.45, 7) is 2.57. The van der Waals surface area contributed by atoms with Gasteiger partial charge < -0.3 is 10.2 Å². The average Bonchev–Trinajstić information content (AvgIpc) is 2.85. The fraction of sp³-hybridized carbons (Fsp3) is 0.385. The van der Waals surface area contributed by atoms with Crippen molar-refractivity contribution in [3.05, 3.63) is 23.7 Å². The number of amides is 1. The van der Waals surface area contributed by atoms with Crippen molar-refractivity contribution in [1.82, 2.24) is 10.3 Å². The van der Waals surface area contributed by atoms with Crippen molar-refractivity contribution in [2.24, 2.45) is 5.92 Å². The van der Waals surface area contributed by atoms with Crippen LogP contribution in [-0.2, 0) is 4.79 Å². The van der Waals surface area contributed by atoms with Gasteiger partial charge in [0.15, 0.2) is 0 Å². The van der Waals surface area contributed by atoms with Crippen LogP contribution in [0, 0.1) is 5.92 Å². The van der Waals surface area contributed by atoms with E-state index in [0.717, 1.165) is 11.2 Å². The van der Waals surface area contributed by atoms with Crippen LogP contribution in [0.5, 0.6) is 0 Å². The first kappa shape index (κ1) is 12.8. The fourth-order valence-corrected chi connectivity index (χ4v) is 2.79. The molecular formula is C13H17N3OS.